The predicted molar refractivity (Wildman–Crippen MR) is 116 cm³/mol. The van der Waals surface area contributed by atoms with E-state index in [-0.39, 0.29) is 10.5 Å². The van der Waals surface area contributed by atoms with Crippen molar-refractivity contribution in [1.82, 2.24) is 19.7 Å². The molecule has 0 aliphatic rings. The lowest BCUT2D eigenvalue weighted by molar-refractivity contribution is 0.602. The van der Waals surface area contributed by atoms with Crippen LogP contribution in [0, 0.1) is 6.92 Å². The average Bonchev–Trinajstić information content (AvgIpc) is 2.97. The lowest BCUT2D eigenvalue weighted by atomic mass is 10.2. The number of hydrogen-bond donors (Lipinski definition) is 3. The third-order valence-corrected chi connectivity index (χ3v) is 5.69. The van der Waals surface area contributed by atoms with Gasteiger partial charge in [-0.05, 0) is 30.7 Å². The highest BCUT2D eigenvalue weighted by molar-refractivity contribution is 7.90. The second-order valence-corrected chi connectivity index (χ2v) is 8.98. The molecule has 0 spiro atoms. The smallest absolute Gasteiger partial charge is 0.277 e. The minimum absolute atomic E-state index is 0.136. The van der Waals surface area contributed by atoms with Crippen molar-refractivity contribution < 1.29 is 8.42 Å². The van der Waals surface area contributed by atoms with Crippen LogP contribution >= 0.6 is 0 Å². The molecular weight excluding hydrogens is 404 g/mol. The van der Waals surface area contributed by atoms with Gasteiger partial charge in [0, 0.05) is 25.6 Å². The van der Waals surface area contributed by atoms with E-state index in [1.807, 2.05) is 19.1 Å². The molecule has 3 aromatic heterocycles. The molecule has 30 heavy (non-hydrogen) atoms. The zero-order valence-corrected chi connectivity index (χ0v) is 17.4. The molecule has 0 atom stereocenters. The maximum absolute atomic E-state index is 12.6. The maximum atomic E-state index is 12.6. The Balaban J connectivity index is 1.84. The fraction of sp³-hybridized carbons (Fsp3) is 0.150. The van der Waals surface area contributed by atoms with E-state index in [1.54, 1.807) is 37.5 Å². The van der Waals surface area contributed by atoms with Crippen molar-refractivity contribution in [3.05, 3.63) is 64.6 Å². The molecule has 0 fully saturated rings. The molecule has 154 valence electrons. The molecule has 4 rings (SSSR count). The van der Waals surface area contributed by atoms with Gasteiger partial charge >= 0.3 is 0 Å². The van der Waals surface area contributed by atoms with Crippen LogP contribution in [0.1, 0.15) is 5.56 Å². The number of aryl methyl sites for hydroxylation is 2. The molecule has 10 heteroatoms. The van der Waals surface area contributed by atoms with E-state index < -0.39 is 9.84 Å². The molecule has 0 aliphatic carbocycles. The number of rotatable bonds is 5. The van der Waals surface area contributed by atoms with Gasteiger partial charge in [-0.25, -0.2) is 18.4 Å². The second kappa shape index (κ2) is 7.30. The van der Waals surface area contributed by atoms with Crippen LogP contribution in [-0.4, -0.2) is 34.4 Å². The first-order valence-corrected chi connectivity index (χ1v) is 11.0. The molecule has 0 saturated heterocycles. The van der Waals surface area contributed by atoms with Crippen molar-refractivity contribution in [1.29, 1.82) is 0 Å². The summed E-state index contributed by atoms with van der Waals surface area (Å²) < 4.78 is 25.7. The predicted octanol–water partition coefficient (Wildman–Crippen LogP) is 2.86. The first-order chi connectivity index (χ1) is 14.2. The minimum atomic E-state index is -3.47. The SMILES string of the molecule is Cc1ccc(Nc2cc(Nc3ccccc3S(C)(=O)=O)c3c(=O)n(C)[nH]c3n2)nc1. The lowest BCUT2D eigenvalue weighted by Crippen LogP contribution is -2.12. The summed E-state index contributed by atoms with van der Waals surface area (Å²) >= 11 is 0. The topological polar surface area (TPSA) is 122 Å². The number of hydrogen-bond acceptors (Lipinski definition) is 7. The van der Waals surface area contributed by atoms with Crippen LogP contribution in [0.4, 0.5) is 23.0 Å². The Labute approximate surface area is 172 Å². The number of aromatic nitrogens is 4. The van der Waals surface area contributed by atoms with E-state index in [2.05, 4.69) is 25.7 Å². The molecule has 0 aliphatic heterocycles. The van der Waals surface area contributed by atoms with E-state index in [0.29, 0.717) is 34.0 Å². The number of pyridine rings is 2. The Bertz CT molecular complexity index is 1410. The molecule has 0 saturated carbocycles. The molecule has 1 aromatic carbocycles. The van der Waals surface area contributed by atoms with E-state index in [1.165, 1.54) is 10.7 Å². The van der Waals surface area contributed by atoms with Crippen LogP contribution in [0.3, 0.4) is 0 Å². The largest absolute Gasteiger partial charge is 0.354 e. The summed E-state index contributed by atoms with van der Waals surface area (Å²) in [6.07, 6.45) is 2.87. The van der Waals surface area contributed by atoms with Gasteiger partial charge in [0.2, 0.25) is 0 Å². The maximum Gasteiger partial charge on any atom is 0.277 e. The molecule has 0 unspecified atom stereocenters. The van der Waals surface area contributed by atoms with Crippen molar-refractivity contribution in [3.63, 3.8) is 0 Å². The molecule has 3 N–H and O–H groups in total. The highest BCUT2D eigenvalue weighted by Crippen LogP contribution is 2.30. The van der Waals surface area contributed by atoms with Crippen molar-refractivity contribution in [2.75, 3.05) is 16.9 Å². The van der Waals surface area contributed by atoms with Gasteiger partial charge in [0.25, 0.3) is 5.56 Å². The zero-order chi connectivity index (χ0) is 21.5. The summed E-state index contributed by atoms with van der Waals surface area (Å²) in [5, 5.41) is 9.44. The number of aromatic amines is 1. The Morgan fingerprint density at radius 3 is 2.50 bits per heavy atom. The van der Waals surface area contributed by atoms with Crippen LogP contribution in [-0.2, 0) is 16.9 Å². The number of benzene rings is 1. The molecule has 3 heterocycles. The average molecular weight is 424 g/mol. The zero-order valence-electron chi connectivity index (χ0n) is 16.6. The Hall–Kier alpha value is -3.66. The third-order valence-electron chi connectivity index (χ3n) is 4.53. The van der Waals surface area contributed by atoms with Crippen molar-refractivity contribution in [2.45, 2.75) is 11.8 Å². The van der Waals surface area contributed by atoms with Crippen LogP contribution in [0.15, 0.2) is 58.4 Å². The van der Waals surface area contributed by atoms with Gasteiger partial charge in [-0.2, -0.15) is 0 Å². The standard InChI is InChI=1S/C20H20N6O3S/c1-12-8-9-16(21-11-12)23-17-10-14(18-19(24-17)25-26(2)20(18)27)22-13-6-4-5-7-15(13)30(3,28)29/h4-11H,1-3H3,(H3,21,22,23,24,25). The van der Waals surface area contributed by atoms with Crippen molar-refractivity contribution in [3.8, 4) is 0 Å². The van der Waals surface area contributed by atoms with Gasteiger partial charge in [-0.1, -0.05) is 18.2 Å². The Morgan fingerprint density at radius 2 is 1.80 bits per heavy atom. The normalized spacial score (nSPS) is 11.6. The molecule has 0 amide bonds. The van der Waals surface area contributed by atoms with Gasteiger partial charge < -0.3 is 10.6 Å². The number of H-pyrrole nitrogens is 1. The van der Waals surface area contributed by atoms with Gasteiger partial charge in [0.1, 0.15) is 17.0 Å². The van der Waals surface area contributed by atoms with E-state index in [0.717, 1.165) is 11.8 Å². The quantitative estimate of drug-likeness (QED) is 0.450. The number of sulfone groups is 1. The summed E-state index contributed by atoms with van der Waals surface area (Å²) in [5.74, 6) is 1.04. The number of anilines is 4. The van der Waals surface area contributed by atoms with E-state index in [4.69, 9.17) is 0 Å². The fourth-order valence-corrected chi connectivity index (χ4v) is 3.94. The molecule has 4 aromatic rings. The summed E-state index contributed by atoms with van der Waals surface area (Å²) in [6.45, 7) is 1.94. The highest BCUT2D eigenvalue weighted by atomic mass is 32.2. The summed E-state index contributed by atoms with van der Waals surface area (Å²) in [6, 6.07) is 11.9. The van der Waals surface area contributed by atoms with Crippen molar-refractivity contribution >= 4 is 43.9 Å². The lowest BCUT2D eigenvalue weighted by Gasteiger charge is -2.13. The Morgan fingerprint density at radius 1 is 1.03 bits per heavy atom. The first-order valence-electron chi connectivity index (χ1n) is 9.08. The molecule has 9 nitrogen and oxygen atoms in total. The summed E-state index contributed by atoms with van der Waals surface area (Å²) in [7, 11) is -1.88. The number of nitrogens with zero attached hydrogens (tertiary/aromatic N) is 3. The minimum Gasteiger partial charge on any atom is -0.354 e. The van der Waals surface area contributed by atoms with Crippen LogP contribution in [0.25, 0.3) is 11.0 Å². The highest BCUT2D eigenvalue weighted by Gasteiger charge is 2.17. The summed E-state index contributed by atoms with van der Waals surface area (Å²) in [4.78, 5) is 21.5. The van der Waals surface area contributed by atoms with Gasteiger partial charge in [-0.15, -0.1) is 0 Å². The van der Waals surface area contributed by atoms with Crippen molar-refractivity contribution in [2.24, 2.45) is 7.05 Å². The Kier molecular flexibility index (Phi) is 4.78. The third kappa shape index (κ3) is 3.77. The van der Waals surface area contributed by atoms with Gasteiger partial charge in [0.05, 0.1) is 16.3 Å². The number of fused-ring (bicyclic) bond motifs is 1. The number of nitrogens with one attached hydrogen (secondary N) is 3. The van der Waals surface area contributed by atoms with Gasteiger partial charge in [0.15, 0.2) is 15.5 Å². The fourth-order valence-electron chi connectivity index (χ4n) is 3.09. The van der Waals surface area contributed by atoms with E-state index in [9.17, 15) is 13.2 Å². The molecule has 0 radical (unpaired) electrons. The van der Waals surface area contributed by atoms with Crippen LogP contribution in [0.5, 0.6) is 0 Å². The van der Waals surface area contributed by atoms with Crippen LogP contribution < -0.4 is 16.2 Å². The summed E-state index contributed by atoms with van der Waals surface area (Å²) in [5.41, 5.74) is 1.90. The number of para-hydroxylation sites is 1. The monoisotopic (exact) mass is 424 g/mol. The molecular formula is C20H20N6O3S. The second-order valence-electron chi connectivity index (χ2n) is 6.99. The van der Waals surface area contributed by atoms with Crippen LogP contribution in [0.2, 0.25) is 0 Å². The first kappa shape index (κ1) is 19.6. The van der Waals surface area contributed by atoms with Gasteiger partial charge in [-0.3, -0.25) is 14.6 Å². The molecule has 0 bridgehead atoms. The van der Waals surface area contributed by atoms with E-state index >= 15 is 0 Å².